The Bertz CT molecular complexity index is 319. The molecule has 4 nitrogen and oxygen atoms in total. The van der Waals surface area contributed by atoms with Crippen molar-refractivity contribution in [2.24, 2.45) is 0 Å². The van der Waals surface area contributed by atoms with Crippen LogP contribution in [-0.2, 0) is 4.74 Å². The molecule has 1 rings (SSSR count). The van der Waals surface area contributed by atoms with Crippen molar-refractivity contribution in [1.29, 1.82) is 0 Å². The zero-order valence-corrected chi connectivity index (χ0v) is 8.31. The third-order valence-electron chi connectivity index (χ3n) is 1.76. The predicted octanol–water partition coefficient (Wildman–Crippen LogP) is -0.122. The van der Waals surface area contributed by atoms with Gasteiger partial charge in [-0.05, 0) is 13.0 Å². The van der Waals surface area contributed by atoms with Gasteiger partial charge in [0, 0.05) is 18.1 Å². The normalized spacial score (nSPS) is 10.1. The summed E-state index contributed by atoms with van der Waals surface area (Å²) in [4.78, 5) is 0. The van der Waals surface area contributed by atoms with E-state index in [1.54, 1.807) is 0 Å². The Morgan fingerprint density at radius 3 is 2.67 bits per heavy atom. The van der Waals surface area contributed by atoms with Gasteiger partial charge in [0.15, 0.2) is 6.79 Å². The molecular formula is C9H12BFO4. The standard InChI is InChI=1S/C9H12BFO4/c1-2-14-6-15-7-3-4-8(10(12)13)9(11)5-7/h3-5,12-13H,2,6H2,1H3. The van der Waals surface area contributed by atoms with Crippen molar-refractivity contribution < 1.29 is 23.9 Å². The van der Waals surface area contributed by atoms with Crippen LogP contribution in [0.2, 0.25) is 0 Å². The Labute approximate surface area is 87.4 Å². The molecule has 0 aliphatic rings. The molecule has 6 heteroatoms. The third-order valence-corrected chi connectivity index (χ3v) is 1.76. The molecular weight excluding hydrogens is 202 g/mol. The number of ether oxygens (including phenoxy) is 2. The van der Waals surface area contributed by atoms with Crippen molar-refractivity contribution in [1.82, 2.24) is 0 Å². The maximum Gasteiger partial charge on any atom is 0.491 e. The molecule has 0 bridgehead atoms. The molecule has 0 atom stereocenters. The average molecular weight is 214 g/mol. The van der Waals surface area contributed by atoms with Crippen LogP contribution in [0.5, 0.6) is 5.75 Å². The smallest absolute Gasteiger partial charge is 0.467 e. The first-order chi connectivity index (χ1) is 7.15. The second kappa shape index (κ2) is 5.70. The fraction of sp³-hybridized carbons (Fsp3) is 0.333. The van der Waals surface area contributed by atoms with E-state index in [1.807, 2.05) is 6.92 Å². The SMILES string of the molecule is CCOCOc1ccc(B(O)O)c(F)c1. The molecule has 0 radical (unpaired) electrons. The average Bonchev–Trinajstić information content (AvgIpc) is 2.17. The summed E-state index contributed by atoms with van der Waals surface area (Å²) in [6.45, 7) is 2.36. The Morgan fingerprint density at radius 1 is 1.40 bits per heavy atom. The number of halogens is 1. The van der Waals surface area contributed by atoms with Crippen molar-refractivity contribution in [2.45, 2.75) is 6.92 Å². The highest BCUT2D eigenvalue weighted by molar-refractivity contribution is 6.58. The maximum atomic E-state index is 13.2. The van der Waals surface area contributed by atoms with E-state index in [9.17, 15) is 4.39 Å². The molecule has 0 fully saturated rings. The molecule has 82 valence electrons. The number of hydrogen-bond acceptors (Lipinski definition) is 4. The molecule has 2 N–H and O–H groups in total. The molecule has 0 saturated carbocycles. The number of benzene rings is 1. The van der Waals surface area contributed by atoms with E-state index in [1.165, 1.54) is 12.1 Å². The van der Waals surface area contributed by atoms with E-state index >= 15 is 0 Å². The van der Waals surface area contributed by atoms with Gasteiger partial charge in [-0.15, -0.1) is 0 Å². The number of rotatable bonds is 5. The van der Waals surface area contributed by atoms with E-state index in [4.69, 9.17) is 19.5 Å². The lowest BCUT2D eigenvalue weighted by molar-refractivity contribution is 0.0223. The van der Waals surface area contributed by atoms with Crippen molar-refractivity contribution in [3.8, 4) is 5.75 Å². The highest BCUT2D eigenvalue weighted by Crippen LogP contribution is 2.10. The minimum Gasteiger partial charge on any atom is -0.467 e. The summed E-state index contributed by atoms with van der Waals surface area (Å²) in [5, 5.41) is 17.5. The molecule has 1 aromatic rings. The molecule has 0 amide bonds. The summed E-state index contributed by atoms with van der Waals surface area (Å²) in [5.41, 5.74) is -0.182. The van der Waals surface area contributed by atoms with Gasteiger partial charge >= 0.3 is 7.12 Å². The van der Waals surface area contributed by atoms with Crippen LogP contribution in [0.1, 0.15) is 6.92 Å². The van der Waals surface area contributed by atoms with Crippen LogP contribution in [0.25, 0.3) is 0 Å². The number of hydrogen-bond donors (Lipinski definition) is 2. The summed E-state index contributed by atoms with van der Waals surface area (Å²) in [5.74, 6) is -0.440. The summed E-state index contributed by atoms with van der Waals surface area (Å²) in [6, 6.07) is 3.77. The largest absolute Gasteiger partial charge is 0.491 e. The van der Waals surface area contributed by atoms with Gasteiger partial charge in [0.2, 0.25) is 0 Å². The fourth-order valence-corrected chi connectivity index (χ4v) is 1.00. The van der Waals surface area contributed by atoms with Crippen LogP contribution in [0.3, 0.4) is 0 Å². The summed E-state index contributed by atoms with van der Waals surface area (Å²) < 4.78 is 23.1. The molecule has 0 aliphatic carbocycles. The predicted molar refractivity (Wildman–Crippen MR) is 53.3 cm³/mol. The van der Waals surface area contributed by atoms with Crippen molar-refractivity contribution in [3.05, 3.63) is 24.0 Å². The van der Waals surface area contributed by atoms with Crippen molar-refractivity contribution in [3.63, 3.8) is 0 Å². The van der Waals surface area contributed by atoms with E-state index in [0.29, 0.717) is 6.61 Å². The minimum absolute atomic E-state index is 0.0387. The van der Waals surface area contributed by atoms with Gasteiger partial charge in [0.25, 0.3) is 0 Å². The quantitative estimate of drug-likeness (QED) is 0.407. The van der Waals surface area contributed by atoms with Gasteiger partial charge in [-0.1, -0.05) is 6.07 Å². The van der Waals surface area contributed by atoms with Gasteiger partial charge in [-0.2, -0.15) is 0 Å². The summed E-state index contributed by atoms with van der Waals surface area (Å²) in [7, 11) is -1.81. The van der Waals surface area contributed by atoms with E-state index in [2.05, 4.69) is 0 Å². The van der Waals surface area contributed by atoms with Gasteiger partial charge < -0.3 is 19.5 Å². The van der Waals surface area contributed by atoms with Gasteiger partial charge in [-0.25, -0.2) is 4.39 Å². The maximum absolute atomic E-state index is 13.2. The fourth-order valence-electron chi connectivity index (χ4n) is 1.00. The molecule has 1 aromatic carbocycles. The Morgan fingerprint density at radius 2 is 2.13 bits per heavy atom. The molecule has 0 saturated heterocycles. The second-order valence-corrected chi connectivity index (χ2v) is 2.81. The van der Waals surface area contributed by atoms with E-state index < -0.39 is 12.9 Å². The van der Waals surface area contributed by atoms with E-state index in [0.717, 1.165) is 6.07 Å². The first kappa shape index (κ1) is 12.0. The highest BCUT2D eigenvalue weighted by atomic mass is 19.1. The van der Waals surface area contributed by atoms with Gasteiger partial charge in [0.1, 0.15) is 11.6 Å². The summed E-state index contributed by atoms with van der Waals surface area (Å²) >= 11 is 0. The van der Waals surface area contributed by atoms with Crippen LogP contribution in [-0.4, -0.2) is 30.6 Å². The first-order valence-electron chi connectivity index (χ1n) is 4.51. The van der Waals surface area contributed by atoms with Gasteiger partial charge in [0.05, 0.1) is 0 Å². The molecule has 0 aromatic heterocycles. The second-order valence-electron chi connectivity index (χ2n) is 2.81. The van der Waals surface area contributed by atoms with Crippen LogP contribution < -0.4 is 10.2 Å². The third kappa shape index (κ3) is 3.51. The molecule has 15 heavy (non-hydrogen) atoms. The molecule has 0 aliphatic heterocycles. The van der Waals surface area contributed by atoms with E-state index in [-0.39, 0.29) is 18.0 Å². The summed E-state index contributed by atoms with van der Waals surface area (Å²) in [6.07, 6.45) is 0. The molecule has 0 spiro atoms. The first-order valence-corrected chi connectivity index (χ1v) is 4.51. The van der Waals surface area contributed by atoms with Crippen LogP contribution in [0.4, 0.5) is 4.39 Å². The zero-order chi connectivity index (χ0) is 11.3. The van der Waals surface area contributed by atoms with Crippen molar-refractivity contribution >= 4 is 12.6 Å². The topological polar surface area (TPSA) is 58.9 Å². The van der Waals surface area contributed by atoms with Crippen LogP contribution >= 0.6 is 0 Å². The Balaban J connectivity index is 2.65. The molecule has 0 unspecified atom stereocenters. The van der Waals surface area contributed by atoms with Crippen LogP contribution in [0.15, 0.2) is 18.2 Å². The lowest BCUT2D eigenvalue weighted by Gasteiger charge is -2.07. The lowest BCUT2D eigenvalue weighted by Crippen LogP contribution is -2.32. The van der Waals surface area contributed by atoms with Crippen molar-refractivity contribution in [2.75, 3.05) is 13.4 Å². The zero-order valence-electron chi connectivity index (χ0n) is 8.31. The Kier molecular flexibility index (Phi) is 4.55. The van der Waals surface area contributed by atoms with Gasteiger partial charge in [-0.3, -0.25) is 0 Å². The molecule has 0 heterocycles. The Hall–Kier alpha value is -1.11. The highest BCUT2D eigenvalue weighted by Gasteiger charge is 2.16. The van der Waals surface area contributed by atoms with Crippen LogP contribution in [0, 0.1) is 5.82 Å². The monoisotopic (exact) mass is 214 g/mol. The minimum atomic E-state index is -1.81. The lowest BCUT2D eigenvalue weighted by atomic mass is 9.80.